The van der Waals surface area contributed by atoms with Gasteiger partial charge in [0.15, 0.2) is 11.5 Å². The quantitative estimate of drug-likeness (QED) is 0.904. The average Bonchev–Trinajstić information content (AvgIpc) is 2.69. The van der Waals surface area contributed by atoms with Crippen molar-refractivity contribution in [2.75, 3.05) is 20.3 Å². The van der Waals surface area contributed by atoms with Crippen LogP contribution in [0.15, 0.2) is 22.7 Å². The number of ether oxygens (including phenoxy) is 2. The molecule has 0 spiro atoms. The molecule has 0 bridgehead atoms. The zero-order valence-corrected chi connectivity index (χ0v) is 12.8. The fraction of sp³-hybridized carbons (Fsp3) is 0.357. The number of fused-ring (bicyclic) bond motifs is 1. The molecule has 2 heterocycles. The molecular formula is C14H16BrN3O2. The number of H-pyrrole nitrogens is 1. The third kappa shape index (κ3) is 2.53. The van der Waals surface area contributed by atoms with Crippen LogP contribution < -0.4 is 14.8 Å². The fourth-order valence-corrected chi connectivity index (χ4v) is 2.71. The van der Waals surface area contributed by atoms with Gasteiger partial charge < -0.3 is 14.8 Å². The van der Waals surface area contributed by atoms with Gasteiger partial charge in [-0.2, -0.15) is 5.10 Å². The second kappa shape index (κ2) is 5.85. The standard InChI is InChI=1S/C14H16BrN3O2/c1-16-8-10-13(15)14(18-17-10)9-3-4-11-12(7-9)20-6-2-5-19-11/h3-4,7,16H,2,5-6,8H2,1H3,(H,17,18). The molecule has 5 nitrogen and oxygen atoms in total. The summed E-state index contributed by atoms with van der Waals surface area (Å²) in [5.74, 6) is 1.58. The Kier molecular flexibility index (Phi) is 3.93. The molecule has 0 atom stereocenters. The van der Waals surface area contributed by atoms with Crippen molar-refractivity contribution < 1.29 is 9.47 Å². The number of rotatable bonds is 3. The second-order valence-electron chi connectivity index (χ2n) is 4.61. The number of nitrogens with one attached hydrogen (secondary N) is 2. The monoisotopic (exact) mass is 337 g/mol. The minimum atomic E-state index is 0.684. The third-order valence-corrected chi connectivity index (χ3v) is 4.00. The largest absolute Gasteiger partial charge is 0.490 e. The Morgan fingerprint density at radius 2 is 2.10 bits per heavy atom. The van der Waals surface area contributed by atoms with E-state index in [2.05, 4.69) is 31.4 Å². The van der Waals surface area contributed by atoms with Gasteiger partial charge in [-0.3, -0.25) is 5.10 Å². The molecular weight excluding hydrogens is 322 g/mol. The molecule has 0 amide bonds. The number of hydrogen-bond donors (Lipinski definition) is 2. The number of halogens is 1. The summed E-state index contributed by atoms with van der Waals surface area (Å²) in [5.41, 5.74) is 2.90. The van der Waals surface area contributed by atoms with E-state index in [1.165, 1.54) is 0 Å². The van der Waals surface area contributed by atoms with E-state index in [0.29, 0.717) is 13.2 Å². The molecule has 106 valence electrons. The lowest BCUT2D eigenvalue weighted by molar-refractivity contribution is 0.297. The van der Waals surface area contributed by atoms with Gasteiger partial charge in [0, 0.05) is 18.5 Å². The van der Waals surface area contributed by atoms with Gasteiger partial charge in [-0.25, -0.2) is 0 Å². The molecule has 0 unspecified atom stereocenters. The van der Waals surface area contributed by atoms with E-state index in [1.807, 2.05) is 25.2 Å². The Morgan fingerprint density at radius 3 is 2.90 bits per heavy atom. The van der Waals surface area contributed by atoms with E-state index in [9.17, 15) is 0 Å². The van der Waals surface area contributed by atoms with E-state index in [0.717, 1.165) is 45.9 Å². The van der Waals surface area contributed by atoms with Gasteiger partial charge in [0.2, 0.25) is 0 Å². The van der Waals surface area contributed by atoms with Crippen LogP contribution in [0.2, 0.25) is 0 Å². The summed E-state index contributed by atoms with van der Waals surface area (Å²) < 4.78 is 12.3. The maximum Gasteiger partial charge on any atom is 0.161 e. The molecule has 6 heteroatoms. The summed E-state index contributed by atoms with van der Waals surface area (Å²) in [6.45, 7) is 2.12. The van der Waals surface area contributed by atoms with E-state index >= 15 is 0 Å². The molecule has 20 heavy (non-hydrogen) atoms. The van der Waals surface area contributed by atoms with Gasteiger partial charge >= 0.3 is 0 Å². The van der Waals surface area contributed by atoms with Crippen LogP contribution in [0, 0.1) is 0 Å². The molecule has 1 aliphatic heterocycles. The van der Waals surface area contributed by atoms with Crippen LogP contribution in [-0.4, -0.2) is 30.5 Å². The SMILES string of the molecule is CNCc1[nH]nc(-c2ccc3c(c2)OCCCO3)c1Br. The molecule has 2 N–H and O–H groups in total. The predicted octanol–water partition coefficient (Wildman–Crippen LogP) is 2.72. The minimum absolute atomic E-state index is 0.684. The first-order valence-electron chi connectivity index (χ1n) is 6.57. The maximum atomic E-state index is 5.71. The van der Waals surface area contributed by atoms with Gasteiger partial charge in [0.25, 0.3) is 0 Å². The Bertz CT molecular complexity index is 612. The molecule has 0 fully saturated rings. The van der Waals surface area contributed by atoms with Crippen LogP contribution in [-0.2, 0) is 6.54 Å². The first-order valence-corrected chi connectivity index (χ1v) is 7.36. The zero-order chi connectivity index (χ0) is 13.9. The molecule has 0 saturated carbocycles. The highest BCUT2D eigenvalue weighted by atomic mass is 79.9. The Hall–Kier alpha value is -1.53. The number of hydrogen-bond acceptors (Lipinski definition) is 4. The van der Waals surface area contributed by atoms with Gasteiger partial charge in [0.05, 0.1) is 23.4 Å². The molecule has 2 aromatic rings. The number of nitrogens with zero attached hydrogens (tertiary/aromatic N) is 1. The summed E-state index contributed by atoms with van der Waals surface area (Å²) in [6, 6.07) is 5.91. The first-order chi connectivity index (χ1) is 9.79. The number of aromatic amines is 1. The van der Waals surface area contributed by atoms with Crippen molar-refractivity contribution in [2.45, 2.75) is 13.0 Å². The van der Waals surface area contributed by atoms with Gasteiger partial charge in [-0.05, 0) is 41.2 Å². The van der Waals surface area contributed by atoms with E-state index in [1.54, 1.807) is 0 Å². The van der Waals surface area contributed by atoms with Gasteiger partial charge in [0.1, 0.15) is 5.69 Å². The van der Waals surface area contributed by atoms with E-state index in [-0.39, 0.29) is 0 Å². The number of benzene rings is 1. The lowest BCUT2D eigenvalue weighted by Crippen LogP contribution is -2.05. The average molecular weight is 338 g/mol. The Balaban J connectivity index is 1.96. The van der Waals surface area contributed by atoms with Crippen molar-refractivity contribution in [2.24, 2.45) is 0 Å². The molecule has 0 aliphatic carbocycles. The minimum Gasteiger partial charge on any atom is -0.490 e. The summed E-state index contributed by atoms with van der Waals surface area (Å²) in [5, 5.41) is 10.5. The lowest BCUT2D eigenvalue weighted by atomic mass is 10.1. The Labute approximate surface area is 125 Å². The summed E-state index contributed by atoms with van der Waals surface area (Å²) in [7, 11) is 1.90. The fourth-order valence-electron chi connectivity index (χ4n) is 2.16. The zero-order valence-electron chi connectivity index (χ0n) is 11.2. The lowest BCUT2D eigenvalue weighted by Gasteiger charge is -2.08. The third-order valence-electron chi connectivity index (χ3n) is 3.15. The van der Waals surface area contributed by atoms with Crippen LogP contribution in [0.3, 0.4) is 0 Å². The maximum absolute atomic E-state index is 5.71. The van der Waals surface area contributed by atoms with Crippen LogP contribution in [0.1, 0.15) is 12.1 Å². The molecule has 0 saturated heterocycles. The molecule has 0 radical (unpaired) electrons. The van der Waals surface area contributed by atoms with Gasteiger partial charge in [-0.15, -0.1) is 0 Å². The predicted molar refractivity (Wildman–Crippen MR) is 80.1 cm³/mol. The van der Waals surface area contributed by atoms with Crippen molar-refractivity contribution >= 4 is 15.9 Å². The summed E-state index contributed by atoms with van der Waals surface area (Å²) in [4.78, 5) is 0. The van der Waals surface area contributed by atoms with Crippen LogP contribution in [0.5, 0.6) is 11.5 Å². The molecule has 1 aromatic heterocycles. The highest BCUT2D eigenvalue weighted by Gasteiger charge is 2.16. The van der Waals surface area contributed by atoms with Crippen molar-refractivity contribution in [3.63, 3.8) is 0 Å². The smallest absolute Gasteiger partial charge is 0.161 e. The summed E-state index contributed by atoms with van der Waals surface area (Å²) >= 11 is 3.59. The number of aromatic nitrogens is 2. The molecule has 3 rings (SSSR count). The van der Waals surface area contributed by atoms with Crippen molar-refractivity contribution in [1.29, 1.82) is 0 Å². The van der Waals surface area contributed by atoms with E-state index < -0.39 is 0 Å². The Morgan fingerprint density at radius 1 is 1.30 bits per heavy atom. The van der Waals surface area contributed by atoms with Crippen molar-refractivity contribution in [3.8, 4) is 22.8 Å². The normalized spacial score (nSPS) is 14.1. The van der Waals surface area contributed by atoms with Gasteiger partial charge in [-0.1, -0.05) is 0 Å². The van der Waals surface area contributed by atoms with E-state index in [4.69, 9.17) is 9.47 Å². The van der Waals surface area contributed by atoms with Crippen molar-refractivity contribution in [3.05, 3.63) is 28.4 Å². The summed E-state index contributed by atoms with van der Waals surface area (Å²) in [6.07, 6.45) is 0.905. The second-order valence-corrected chi connectivity index (χ2v) is 5.40. The molecule has 1 aliphatic rings. The topological polar surface area (TPSA) is 59.2 Å². The van der Waals surface area contributed by atoms with Crippen LogP contribution in [0.4, 0.5) is 0 Å². The highest BCUT2D eigenvalue weighted by molar-refractivity contribution is 9.10. The van der Waals surface area contributed by atoms with Crippen LogP contribution in [0.25, 0.3) is 11.3 Å². The van der Waals surface area contributed by atoms with Crippen molar-refractivity contribution in [1.82, 2.24) is 15.5 Å². The first kappa shape index (κ1) is 13.5. The highest BCUT2D eigenvalue weighted by Crippen LogP contribution is 2.36. The molecule has 1 aromatic carbocycles. The van der Waals surface area contributed by atoms with Crippen LogP contribution >= 0.6 is 15.9 Å².